The molecule has 1 unspecified atom stereocenters. The van der Waals surface area contributed by atoms with Crippen LogP contribution in [0.5, 0.6) is 0 Å². The van der Waals surface area contributed by atoms with Gasteiger partial charge in [-0.15, -0.1) is 0 Å². The first-order valence-corrected chi connectivity index (χ1v) is 10.1. The number of aryl methyl sites for hydroxylation is 1. The third-order valence-corrected chi connectivity index (χ3v) is 5.16. The Morgan fingerprint density at radius 1 is 1.23 bits per heavy atom. The van der Waals surface area contributed by atoms with Gasteiger partial charge in [-0.05, 0) is 26.0 Å². The summed E-state index contributed by atoms with van der Waals surface area (Å²) in [5.74, 6) is 1.83. The first-order valence-electron chi connectivity index (χ1n) is 10.1. The van der Waals surface area contributed by atoms with Gasteiger partial charge >= 0.3 is 0 Å². The Morgan fingerprint density at radius 2 is 2.07 bits per heavy atom. The number of hydrogen-bond acceptors (Lipinski definition) is 7. The maximum Gasteiger partial charge on any atom is 0.164 e. The summed E-state index contributed by atoms with van der Waals surface area (Å²) < 4.78 is 12.8. The largest absolute Gasteiger partial charge is 0.393 e. The number of morpholine rings is 1. The zero-order valence-corrected chi connectivity index (χ0v) is 17.5. The van der Waals surface area contributed by atoms with Crippen LogP contribution < -0.4 is 4.90 Å². The van der Waals surface area contributed by atoms with Crippen LogP contribution in [-0.2, 0) is 9.47 Å². The Bertz CT molecular complexity index is 1000. The van der Waals surface area contributed by atoms with Crippen molar-refractivity contribution in [3.8, 4) is 17.1 Å². The first kappa shape index (κ1) is 20.5. The van der Waals surface area contributed by atoms with Crippen LogP contribution in [0.3, 0.4) is 0 Å². The lowest BCUT2D eigenvalue weighted by atomic mass is 10.1. The molecule has 0 bridgehead atoms. The highest BCUT2D eigenvalue weighted by Crippen LogP contribution is 2.24. The summed E-state index contributed by atoms with van der Waals surface area (Å²) in [5, 5.41) is 14.4. The Labute approximate surface area is 176 Å². The number of aromatic nitrogens is 4. The zero-order chi connectivity index (χ0) is 21.1. The molecule has 1 aliphatic heterocycles. The number of hydrogen-bond donors (Lipinski definition) is 1. The van der Waals surface area contributed by atoms with Crippen LogP contribution in [0.4, 0.5) is 5.82 Å². The zero-order valence-electron chi connectivity index (χ0n) is 17.5. The van der Waals surface area contributed by atoms with Crippen molar-refractivity contribution in [2.45, 2.75) is 26.1 Å². The van der Waals surface area contributed by atoms with E-state index in [-0.39, 0.29) is 12.7 Å². The topological polar surface area (TPSA) is 85.5 Å². The van der Waals surface area contributed by atoms with Gasteiger partial charge in [0.05, 0.1) is 25.0 Å². The van der Waals surface area contributed by atoms with E-state index in [0.29, 0.717) is 18.2 Å². The minimum atomic E-state index is -0.603. The molecular formula is C22H27N5O3. The lowest BCUT2D eigenvalue weighted by Crippen LogP contribution is -2.41. The summed E-state index contributed by atoms with van der Waals surface area (Å²) in [6.45, 7) is 6.02. The van der Waals surface area contributed by atoms with Crippen molar-refractivity contribution in [3.63, 3.8) is 0 Å². The van der Waals surface area contributed by atoms with Crippen LogP contribution >= 0.6 is 0 Å². The second-order valence-electron chi connectivity index (χ2n) is 7.49. The van der Waals surface area contributed by atoms with Crippen molar-refractivity contribution in [2.24, 2.45) is 0 Å². The van der Waals surface area contributed by atoms with E-state index >= 15 is 0 Å². The van der Waals surface area contributed by atoms with Crippen LogP contribution in [0.25, 0.3) is 17.1 Å². The maximum atomic E-state index is 9.70. The third kappa shape index (κ3) is 4.35. The molecule has 0 aliphatic carbocycles. The Morgan fingerprint density at radius 3 is 2.80 bits per heavy atom. The highest BCUT2D eigenvalue weighted by molar-refractivity contribution is 5.60. The second kappa shape index (κ2) is 8.91. The molecule has 4 rings (SSSR count). The molecule has 3 aromatic rings. The average Bonchev–Trinajstić information content (AvgIpc) is 3.25. The van der Waals surface area contributed by atoms with Crippen molar-refractivity contribution < 1.29 is 14.6 Å². The number of rotatable bonds is 6. The van der Waals surface area contributed by atoms with Crippen molar-refractivity contribution >= 4 is 5.82 Å². The Kier molecular flexibility index (Phi) is 6.08. The smallest absolute Gasteiger partial charge is 0.164 e. The molecule has 30 heavy (non-hydrogen) atoms. The third-order valence-electron chi connectivity index (χ3n) is 5.16. The highest BCUT2D eigenvalue weighted by atomic mass is 16.5. The number of aliphatic hydroxyl groups excluding tert-OH is 1. The van der Waals surface area contributed by atoms with Gasteiger partial charge in [0.15, 0.2) is 11.6 Å². The van der Waals surface area contributed by atoms with Gasteiger partial charge in [0.2, 0.25) is 0 Å². The molecule has 1 N–H and O–H groups in total. The first-order chi connectivity index (χ1) is 14.6. The van der Waals surface area contributed by atoms with Crippen molar-refractivity contribution in [2.75, 3.05) is 38.3 Å². The molecule has 0 radical (unpaired) electrons. The standard InChI is InChI=1S/C22H27N5O3/c1-15-5-4-6-17(11-15)18-7-8-27(25-18)21-12-20(26-9-10-30-16(2)13-26)23-22(24-21)19(14-28)29-3/h4-8,11-12,16,19,28H,9-10,13-14H2,1-3H3/t16-,19?/m1/s1. The lowest BCUT2D eigenvalue weighted by molar-refractivity contribution is 0.0418. The minimum Gasteiger partial charge on any atom is -0.393 e. The molecule has 0 saturated carbocycles. The summed E-state index contributed by atoms with van der Waals surface area (Å²) in [7, 11) is 1.54. The molecule has 0 amide bonds. The SMILES string of the molecule is COC(CO)c1nc(N2CCO[C@H](C)C2)cc(-n2ccc(-c3cccc(C)c3)n2)n1. The van der Waals surface area contributed by atoms with Crippen LogP contribution in [-0.4, -0.2) is 64.4 Å². The molecule has 3 heterocycles. The van der Waals surface area contributed by atoms with Crippen molar-refractivity contribution in [3.05, 3.63) is 54.0 Å². The van der Waals surface area contributed by atoms with Crippen LogP contribution in [0.15, 0.2) is 42.6 Å². The molecule has 1 aromatic carbocycles. The molecule has 0 spiro atoms. The monoisotopic (exact) mass is 409 g/mol. The fraction of sp³-hybridized carbons (Fsp3) is 0.409. The minimum absolute atomic E-state index is 0.120. The summed E-state index contributed by atoms with van der Waals surface area (Å²) in [6.07, 6.45) is 1.40. The van der Waals surface area contributed by atoms with E-state index < -0.39 is 6.10 Å². The van der Waals surface area contributed by atoms with Gasteiger partial charge in [-0.2, -0.15) is 5.10 Å². The van der Waals surface area contributed by atoms with E-state index in [1.807, 2.05) is 37.4 Å². The van der Waals surface area contributed by atoms with Crippen LogP contribution in [0.2, 0.25) is 0 Å². The second-order valence-corrected chi connectivity index (χ2v) is 7.49. The lowest BCUT2D eigenvalue weighted by Gasteiger charge is -2.32. The van der Waals surface area contributed by atoms with E-state index in [4.69, 9.17) is 14.6 Å². The molecule has 8 heteroatoms. The number of anilines is 1. The molecule has 1 saturated heterocycles. The van der Waals surface area contributed by atoms with Crippen molar-refractivity contribution in [1.29, 1.82) is 0 Å². The van der Waals surface area contributed by atoms with Crippen LogP contribution in [0, 0.1) is 6.92 Å². The van der Waals surface area contributed by atoms with Gasteiger partial charge in [-0.3, -0.25) is 0 Å². The number of aliphatic hydroxyl groups is 1. The van der Waals surface area contributed by atoms with Crippen molar-refractivity contribution in [1.82, 2.24) is 19.7 Å². The molecule has 158 valence electrons. The summed E-state index contributed by atoms with van der Waals surface area (Å²) >= 11 is 0. The summed E-state index contributed by atoms with van der Waals surface area (Å²) in [4.78, 5) is 11.5. The predicted molar refractivity (Wildman–Crippen MR) is 114 cm³/mol. The van der Waals surface area contributed by atoms with Gasteiger partial charge in [0.1, 0.15) is 11.9 Å². The van der Waals surface area contributed by atoms with Gasteiger partial charge < -0.3 is 19.5 Å². The Balaban J connectivity index is 1.73. The molecule has 1 aliphatic rings. The fourth-order valence-corrected chi connectivity index (χ4v) is 3.56. The number of benzene rings is 1. The molecule has 2 atom stereocenters. The molecular weight excluding hydrogens is 382 g/mol. The van der Waals surface area contributed by atoms with Gasteiger partial charge in [-0.25, -0.2) is 14.6 Å². The Hall–Kier alpha value is -2.81. The summed E-state index contributed by atoms with van der Waals surface area (Å²) in [6, 6.07) is 12.1. The molecule has 8 nitrogen and oxygen atoms in total. The van der Waals surface area contributed by atoms with Gasteiger partial charge in [-0.1, -0.05) is 23.8 Å². The van der Waals surface area contributed by atoms with E-state index in [2.05, 4.69) is 33.9 Å². The van der Waals surface area contributed by atoms with Gasteiger partial charge in [0, 0.05) is 38.0 Å². The fourth-order valence-electron chi connectivity index (χ4n) is 3.56. The number of nitrogens with zero attached hydrogens (tertiary/aromatic N) is 5. The average molecular weight is 409 g/mol. The van der Waals surface area contributed by atoms with E-state index in [1.54, 1.807) is 4.68 Å². The molecule has 2 aromatic heterocycles. The summed E-state index contributed by atoms with van der Waals surface area (Å²) in [5.41, 5.74) is 3.10. The van der Waals surface area contributed by atoms with Gasteiger partial charge in [0.25, 0.3) is 0 Å². The number of ether oxygens (including phenoxy) is 2. The highest BCUT2D eigenvalue weighted by Gasteiger charge is 2.22. The normalized spacial score (nSPS) is 17.9. The quantitative estimate of drug-likeness (QED) is 0.670. The van der Waals surface area contributed by atoms with Crippen LogP contribution in [0.1, 0.15) is 24.4 Å². The van der Waals surface area contributed by atoms with E-state index in [1.165, 1.54) is 12.7 Å². The van der Waals surface area contributed by atoms with E-state index in [0.717, 1.165) is 30.2 Å². The maximum absolute atomic E-state index is 9.70. The van der Waals surface area contributed by atoms with E-state index in [9.17, 15) is 5.11 Å². The molecule has 1 fully saturated rings. The predicted octanol–water partition coefficient (Wildman–Crippen LogP) is 2.54. The number of methoxy groups -OCH3 is 1.